The second-order valence-corrected chi connectivity index (χ2v) is 4.23. The molecule has 0 amide bonds. The zero-order valence-electron chi connectivity index (χ0n) is 11.8. The van der Waals surface area contributed by atoms with Gasteiger partial charge in [0.05, 0.1) is 0 Å². The Morgan fingerprint density at radius 3 is 2.11 bits per heavy atom. The Hall–Kier alpha value is -2.08. The Balaban J connectivity index is 3.34. The van der Waals surface area contributed by atoms with Crippen LogP contribution in [0.4, 0.5) is 0 Å². The van der Waals surface area contributed by atoms with Crippen LogP contribution in [0, 0.1) is 0 Å². The Morgan fingerprint density at radius 1 is 1.00 bits per heavy atom. The molecule has 1 rings (SSSR count). The van der Waals surface area contributed by atoms with Gasteiger partial charge in [-0.05, 0) is 30.6 Å². The number of hydrogen-bond donors (Lipinski definition) is 0. The highest BCUT2D eigenvalue weighted by atomic mass is 14.2. The van der Waals surface area contributed by atoms with Gasteiger partial charge in [-0.3, -0.25) is 0 Å². The van der Waals surface area contributed by atoms with Crippen molar-refractivity contribution in [1.82, 2.24) is 0 Å². The maximum atomic E-state index is 3.95. The first-order valence-electron chi connectivity index (χ1n) is 6.57. The minimum absolute atomic E-state index is 0.192. The van der Waals surface area contributed by atoms with Crippen LogP contribution < -0.4 is 0 Å². The van der Waals surface area contributed by atoms with Crippen molar-refractivity contribution in [2.45, 2.75) is 19.8 Å². The molecule has 0 radical (unpaired) electrons. The Bertz CT molecular complexity index is 498. The molecule has 0 aromatic heterocycles. The van der Waals surface area contributed by atoms with Crippen molar-refractivity contribution in [3.63, 3.8) is 0 Å². The fraction of sp³-hybridized carbons (Fsp3) is 0.158. The summed E-state index contributed by atoms with van der Waals surface area (Å²) in [5.74, 6) is 0.192. The third-order valence-corrected chi connectivity index (χ3v) is 3.09. The molecule has 0 heterocycles. The molecule has 1 atom stereocenters. The quantitative estimate of drug-likeness (QED) is 0.577. The SMILES string of the molecule is C=C/C(=C\C)C(/C(C=C)=C/C=C\C)c1ccccc1. The molecule has 0 heteroatoms. The van der Waals surface area contributed by atoms with Crippen LogP contribution in [0.15, 0.2) is 91.1 Å². The lowest BCUT2D eigenvalue weighted by Crippen LogP contribution is -2.03. The van der Waals surface area contributed by atoms with E-state index in [-0.39, 0.29) is 5.92 Å². The van der Waals surface area contributed by atoms with Gasteiger partial charge in [0.2, 0.25) is 0 Å². The van der Waals surface area contributed by atoms with Crippen LogP contribution in [0.1, 0.15) is 25.3 Å². The topological polar surface area (TPSA) is 0 Å². The Morgan fingerprint density at radius 2 is 1.63 bits per heavy atom. The van der Waals surface area contributed by atoms with Gasteiger partial charge < -0.3 is 0 Å². The van der Waals surface area contributed by atoms with Gasteiger partial charge in [0.25, 0.3) is 0 Å². The van der Waals surface area contributed by atoms with Gasteiger partial charge in [0.1, 0.15) is 0 Å². The highest BCUT2D eigenvalue weighted by Crippen LogP contribution is 2.33. The normalized spacial score (nSPS) is 14.4. The van der Waals surface area contributed by atoms with Gasteiger partial charge >= 0.3 is 0 Å². The molecule has 1 aromatic carbocycles. The third-order valence-electron chi connectivity index (χ3n) is 3.09. The van der Waals surface area contributed by atoms with Gasteiger partial charge in [0.15, 0.2) is 0 Å². The van der Waals surface area contributed by atoms with Crippen molar-refractivity contribution in [2.75, 3.05) is 0 Å². The summed E-state index contributed by atoms with van der Waals surface area (Å²) in [5, 5.41) is 0. The fourth-order valence-electron chi connectivity index (χ4n) is 2.11. The van der Waals surface area contributed by atoms with E-state index in [0.29, 0.717) is 0 Å². The fourth-order valence-corrected chi connectivity index (χ4v) is 2.11. The molecule has 0 spiro atoms. The summed E-state index contributed by atoms with van der Waals surface area (Å²) in [6.07, 6.45) is 12.1. The van der Waals surface area contributed by atoms with E-state index < -0.39 is 0 Å². The average Bonchev–Trinajstić information content (AvgIpc) is 2.48. The first-order valence-corrected chi connectivity index (χ1v) is 6.57. The molecule has 0 aliphatic heterocycles. The molecule has 98 valence electrons. The first kappa shape index (κ1) is 15.0. The molecule has 0 nitrogen and oxygen atoms in total. The van der Waals surface area contributed by atoms with Crippen LogP contribution in [0.3, 0.4) is 0 Å². The van der Waals surface area contributed by atoms with Gasteiger partial charge in [-0.1, -0.05) is 79.9 Å². The average molecular weight is 250 g/mol. The standard InChI is InChI=1S/C19H22/c1-5-9-13-17(8-4)19(16(6-2)7-3)18-14-11-10-12-15-18/h5-15,19H,2,4H2,1,3H3/b9-5-,16-7+,17-13+. The summed E-state index contributed by atoms with van der Waals surface area (Å²) in [4.78, 5) is 0. The molecule has 1 unspecified atom stereocenters. The zero-order chi connectivity index (χ0) is 14.1. The zero-order valence-corrected chi connectivity index (χ0v) is 11.8. The molecular formula is C19H22. The Labute approximate surface area is 117 Å². The van der Waals surface area contributed by atoms with E-state index in [2.05, 4.69) is 49.6 Å². The van der Waals surface area contributed by atoms with E-state index in [4.69, 9.17) is 0 Å². The van der Waals surface area contributed by atoms with Crippen molar-refractivity contribution >= 4 is 0 Å². The van der Waals surface area contributed by atoms with Crippen molar-refractivity contribution < 1.29 is 0 Å². The second kappa shape index (κ2) is 8.10. The third kappa shape index (κ3) is 3.96. The number of rotatable bonds is 6. The molecule has 0 aliphatic carbocycles. The van der Waals surface area contributed by atoms with Crippen molar-refractivity contribution in [2.24, 2.45) is 0 Å². The van der Waals surface area contributed by atoms with Crippen LogP contribution in [0.25, 0.3) is 0 Å². The molecule has 0 aliphatic rings. The summed E-state index contributed by atoms with van der Waals surface area (Å²) in [5.41, 5.74) is 3.63. The largest absolute Gasteiger partial charge is 0.0988 e. The lowest BCUT2D eigenvalue weighted by molar-refractivity contribution is 0.975. The predicted molar refractivity (Wildman–Crippen MR) is 86.2 cm³/mol. The number of benzene rings is 1. The maximum Gasteiger partial charge on any atom is 0.0336 e. The van der Waals surface area contributed by atoms with Crippen LogP contribution in [0.5, 0.6) is 0 Å². The van der Waals surface area contributed by atoms with Crippen LogP contribution in [-0.2, 0) is 0 Å². The lowest BCUT2D eigenvalue weighted by atomic mass is 9.84. The summed E-state index contributed by atoms with van der Waals surface area (Å²) < 4.78 is 0. The molecule has 0 saturated carbocycles. The van der Waals surface area contributed by atoms with Crippen LogP contribution in [-0.4, -0.2) is 0 Å². The minimum atomic E-state index is 0.192. The number of allylic oxidation sites excluding steroid dienone is 8. The molecule has 19 heavy (non-hydrogen) atoms. The van der Waals surface area contributed by atoms with Gasteiger partial charge in [-0.25, -0.2) is 0 Å². The summed E-state index contributed by atoms with van der Waals surface area (Å²) in [6.45, 7) is 11.9. The van der Waals surface area contributed by atoms with E-state index in [0.717, 1.165) is 0 Å². The van der Waals surface area contributed by atoms with E-state index in [9.17, 15) is 0 Å². The highest BCUT2D eigenvalue weighted by molar-refractivity contribution is 5.46. The first-order chi connectivity index (χ1) is 9.28. The monoisotopic (exact) mass is 250 g/mol. The van der Waals surface area contributed by atoms with Crippen molar-refractivity contribution in [1.29, 1.82) is 0 Å². The van der Waals surface area contributed by atoms with Crippen molar-refractivity contribution in [3.8, 4) is 0 Å². The van der Waals surface area contributed by atoms with Gasteiger partial charge in [0, 0.05) is 5.92 Å². The smallest absolute Gasteiger partial charge is 0.0336 e. The minimum Gasteiger partial charge on any atom is -0.0988 e. The van der Waals surface area contributed by atoms with Crippen LogP contribution in [0.2, 0.25) is 0 Å². The highest BCUT2D eigenvalue weighted by Gasteiger charge is 2.16. The molecule has 0 bridgehead atoms. The second-order valence-electron chi connectivity index (χ2n) is 4.23. The molecule has 0 saturated heterocycles. The van der Waals surface area contributed by atoms with Crippen LogP contribution >= 0.6 is 0 Å². The molecule has 1 aromatic rings. The summed E-state index contributed by atoms with van der Waals surface area (Å²) in [6, 6.07) is 10.5. The predicted octanol–water partition coefficient (Wildman–Crippen LogP) is 5.59. The van der Waals surface area contributed by atoms with E-state index in [1.807, 2.05) is 44.2 Å². The van der Waals surface area contributed by atoms with E-state index >= 15 is 0 Å². The van der Waals surface area contributed by atoms with E-state index in [1.54, 1.807) is 0 Å². The molecular weight excluding hydrogens is 228 g/mol. The van der Waals surface area contributed by atoms with Gasteiger partial charge in [-0.15, -0.1) is 0 Å². The van der Waals surface area contributed by atoms with E-state index in [1.165, 1.54) is 16.7 Å². The van der Waals surface area contributed by atoms with Gasteiger partial charge in [-0.2, -0.15) is 0 Å². The molecule has 0 fully saturated rings. The molecule has 0 N–H and O–H groups in total. The number of hydrogen-bond acceptors (Lipinski definition) is 0. The maximum absolute atomic E-state index is 3.95. The summed E-state index contributed by atoms with van der Waals surface area (Å²) in [7, 11) is 0. The van der Waals surface area contributed by atoms with Crippen molar-refractivity contribution in [3.05, 3.63) is 96.7 Å². The summed E-state index contributed by atoms with van der Waals surface area (Å²) >= 11 is 0. The Kier molecular flexibility index (Phi) is 6.38. The lowest BCUT2D eigenvalue weighted by Gasteiger charge is -2.20.